The molecule has 0 amide bonds. The quantitative estimate of drug-likeness (QED) is 0.176. The van der Waals surface area contributed by atoms with Crippen LogP contribution in [0.1, 0.15) is 105 Å². The van der Waals surface area contributed by atoms with Crippen LogP contribution in [0.5, 0.6) is 11.5 Å². The summed E-state index contributed by atoms with van der Waals surface area (Å²) in [7, 11) is 2.16. The summed E-state index contributed by atoms with van der Waals surface area (Å²) >= 11 is 0. The first kappa shape index (κ1) is 39.7. The molecule has 0 unspecified atom stereocenters. The van der Waals surface area contributed by atoms with E-state index in [0.717, 1.165) is 56.5 Å². The van der Waals surface area contributed by atoms with Crippen LogP contribution in [0.15, 0.2) is 121 Å². The van der Waals surface area contributed by atoms with Gasteiger partial charge in [0, 0.05) is 47.5 Å². The van der Waals surface area contributed by atoms with E-state index in [1.165, 1.54) is 27.6 Å². The van der Waals surface area contributed by atoms with Crippen LogP contribution in [0.4, 0.5) is 22.7 Å². The average Bonchev–Trinajstić information content (AvgIpc) is 3.47. The fraction of sp³-hybridized carbons (Fsp3) is 0.327. The molecule has 5 nitrogen and oxygen atoms in total. The van der Waals surface area contributed by atoms with Crippen molar-refractivity contribution in [2.45, 2.75) is 105 Å². The van der Waals surface area contributed by atoms with Crippen molar-refractivity contribution in [3.05, 3.63) is 144 Å². The van der Waals surface area contributed by atoms with Gasteiger partial charge in [0.05, 0.1) is 22.4 Å². The van der Waals surface area contributed by atoms with Crippen LogP contribution < -0.4 is 15.0 Å². The summed E-state index contributed by atoms with van der Waals surface area (Å²) in [5.41, 5.74) is 11.3. The van der Waals surface area contributed by atoms with E-state index >= 15 is 0 Å². The summed E-state index contributed by atoms with van der Waals surface area (Å²) < 4.78 is 9.16. The van der Waals surface area contributed by atoms with Crippen molar-refractivity contribution in [2.75, 3.05) is 17.3 Å². The topological polar surface area (TPSA) is 42.3 Å². The second-order valence-electron chi connectivity index (χ2n) is 19.7. The number of benzene rings is 5. The first-order valence-corrected chi connectivity index (χ1v) is 20.3. The van der Waals surface area contributed by atoms with Gasteiger partial charge in [-0.1, -0.05) is 119 Å². The second kappa shape index (κ2) is 14.4. The van der Waals surface area contributed by atoms with E-state index in [2.05, 4.69) is 220 Å². The molecular weight excluding hydrogens is 697 g/mol. The number of fused-ring (bicyclic) bond motifs is 3. The maximum Gasteiger partial charge on any atom is 0.137 e. The van der Waals surface area contributed by atoms with Crippen LogP contribution in [-0.2, 0) is 21.7 Å². The molecule has 0 aliphatic rings. The molecule has 57 heavy (non-hydrogen) atoms. The predicted octanol–water partition coefficient (Wildman–Crippen LogP) is 14.7. The maximum atomic E-state index is 6.89. The minimum atomic E-state index is -0.114. The van der Waals surface area contributed by atoms with Crippen molar-refractivity contribution in [1.29, 1.82) is 0 Å². The van der Waals surface area contributed by atoms with Crippen LogP contribution in [0.2, 0.25) is 0 Å². The number of rotatable bonds is 7. The lowest BCUT2D eigenvalue weighted by atomic mass is 9.86. The predicted molar refractivity (Wildman–Crippen MR) is 244 cm³/mol. The number of ether oxygens (including phenoxy) is 1. The number of anilines is 4. The van der Waals surface area contributed by atoms with Gasteiger partial charge in [-0.05, 0) is 111 Å². The zero-order valence-corrected chi connectivity index (χ0v) is 36.3. The zero-order chi connectivity index (χ0) is 41.1. The standard InChI is InChI=1S/C52H60N4O/c1-49(2,3)34-17-16-18-38(27-34)54-44-24-21-35(50(4,5)6)30-47(44)55(13)39-28-37(52(10,11)12)29-41(32-39)57-40-22-23-43-42-19-14-15-20-45(42)56(46(43)33-40)48-31-36(25-26-53-48)51(7,8)9/h14-33,54H,1-13H3. The van der Waals surface area contributed by atoms with Crippen LogP contribution >= 0.6 is 0 Å². The Bertz CT molecular complexity index is 2580. The van der Waals surface area contributed by atoms with Gasteiger partial charge in [0.1, 0.15) is 17.3 Å². The molecule has 7 rings (SSSR count). The summed E-state index contributed by atoms with van der Waals surface area (Å²) in [6, 6.07) is 41.6. The first-order valence-electron chi connectivity index (χ1n) is 20.3. The lowest BCUT2D eigenvalue weighted by Crippen LogP contribution is -2.17. The third kappa shape index (κ3) is 8.30. The second-order valence-corrected chi connectivity index (χ2v) is 19.7. The molecular formula is C52H60N4O. The first-order chi connectivity index (χ1) is 26.7. The van der Waals surface area contributed by atoms with Gasteiger partial charge >= 0.3 is 0 Å². The molecule has 0 aliphatic carbocycles. The van der Waals surface area contributed by atoms with Crippen molar-refractivity contribution in [2.24, 2.45) is 0 Å². The lowest BCUT2D eigenvalue weighted by Gasteiger charge is -2.29. The summed E-state index contributed by atoms with van der Waals surface area (Å²) in [6.07, 6.45) is 1.92. The molecule has 0 saturated carbocycles. The van der Waals surface area contributed by atoms with Crippen molar-refractivity contribution in [1.82, 2.24) is 9.55 Å². The third-order valence-corrected chi connectivity index (χ3v) is 11.1. The van der Waals surface area contributed by atoms with Gasteiger partial charge in [0.15, 0.2) is 0 Å². The van der Waals surface area contributed by atoms with Gasteiger partial charge in [0.2, 0.25) is 0 Å². The van der Waals surface area contributed by atoms with Crippen LogP contribution in [0.3, 0.4) is 0 Å². The number of hydrogen-bond donors (Lipinski definition) is 1. The fourth-order valence-electron chi connectivity index (χ4n) is 7.41. The van der Waals surface area contributed by atoms with E-state index in [0.29, 0.717) is 0 Å². The van der Waals surface area contributed by atoms with E-state index in [9.17, 15) is 0 Å². The SMILES string of the molecule is CN(c1cc(Oc2ccc3c4ccccc4n(-c4cc(C(C)(C)C)ccn4)c3c2)cc(C(C)(C)C)c1)c1cc(C(C)(C)C)ccc1Nc1cccc(C(C)(C)C)c1. The van der Waals surface area contributed by atoms with E-state index in [1.54, 1.807) is 0 Å². The Labute approximate surface area is 340 Å². The highest BCUT2D eigenvalue weighted by Gasteiger charge is 2.23. The van der Waals surface area contributed by atoms with E-state index in [-0.39, 0.29) is 21.7 Å². The Morgan fingerprint density at radius 2 is 1.18 bits per heavy atom. The van der Waals surface area contributed by atoms with Gasteiger partial charge in [-0.15, -0.1) is 0 Å². The van der Waals surface area contributed by atoms with Crippen LogP contribution in [0, 0.1) is 0 Å². The van der Waals surface area contributed by atoms with Gasteiger partial charge in [-0.25, -0.2) is 4.98 Å². The number of pyridine rings is 1. The molecule has 294 valence electrons. The lowest BCUT2D eigenvalue weighted by molar-refractivity contribution is 0.479. The maximum absolute atomic E-state index is 6.89. The Morgan fingerprint density at radius 3 is 1.88 bits per heavy atom. The normalized spacial score (nSPS) is 12.6. The van der Waals surface area contributed by atoms with Crippen LogP contribution in [-0.4, -0.2) is 16.6 Å². The van der Waals surface area contributed by atoms with E-state index < -0.39 is 0 Å². The Morgan fingerprint density at radius 1 is 0.526 bits per heavy atom. The molecule has 0 aliphatic heterocycles. The molecule has 5 aromatic carbocycles. The van der Waals surface area contributed by atoms with Gasteiger partial charge in [-0.2, -0.15) is 0 Å². The van der Waals surface area contributed by atoms with Crippen molar-refractivity contribution < 1.29 is 4.74 Å². The Balaban J connectivity index is 1.32. The molecule has 1 N–H and O–H groups in total. The monoisotopic (exact) mass is 756 g/mol. The molecule has 2 aromatic heterocycles. The smallest absolute Gasteiger partial charge is 0.137 e. The van der Waals surface area contributed by atoms with Crippen molar-refractivity contribution >= 4 is 44.6 Å². The summed E-state index contributed by atoms with van der Waals surface area (Å²) in [4.78, 5) is 7.18. The molecule has 0 bridgehead atoms. The Kier molecular flexibility index (Phi) is 10.0. The highest BCUT2D eigenvalue weighted by atomic mass is 16.5. The van der Waals surface area contributed by atoms with E-state index in [4.69, 9.17) is 9.72 Å². The van der Waals surface area contributed by atoms with E-state index in [1.807, 2.05) is 6.20 Å². The molecule has 0 saturated heterocycles. The van der Waals surface area contributed by atoms with Gasteiger partial charge in [0.25, 0.3) is 0 Å². The minimum absolute atomic E-state index is 0.00408. The minimum Gasteiger partial charge on any atom is -0.457 e. The summed E-state index contributed by atoms with van der Waals surface area (Å²) in [5, 5.41) is 6.14. The number of nitrogens with zero attached hydrogens (tertiary/aromatic N) is 3. The van der Waals surface area contributed by atoms with Gasteiger partial charge < -0.3 is 15.0 Å². The largest absolute Gasteiger partial charge is 0.457 e. The molecule has 0 spiro atoms. The highest BCUT2D eigenvalue weighted by molar-refractivity contribution is 6.09. The summed E-state index contributed by atoms with van der Waals surface area (Å²) in [6.45, 7) is 27.1. The molecule has 2 heterocycles. The zero-order valence-electron chi connectivity index (χ0n) is 36.3. The third-order valence-electron chi connectivity index (χ3n) is 11.1. The molecule has 7 aromatic rings. The average molecular weight is 757 g/mol. The molecule has 0 atom stereocenters. The highest BCUT2D eigenvalue weighted by Crippen LogP contribution is 2.42. The molecule has 0 radical (unpaired) electrons. The number of aromatic nitrogens is 2. The Hall–Kier alpha value is -5.55. The van der Waals surface area contributed by atoms with Gasteiger partial charge in [-0.3, -0.25) is 4.57 Å². The number of hydrogen-bond acceptors (Lipinski definition) is 4. The number of para-hydroxylation sites is 1. The molecule has 5 heteroatoms. The van der Waals surface area contributed by atoms with Crippen molar-refractivity contribution in [3.8, 4) is 17.3 Å². The van der Waals surface area contributed by atoms with Crippen LogP contribution in [0.25, 0.3) is 27.6 Å². The number of nitrogens with one attached hydrogen (secondary N) is 1. The summed E-state index contributed by atoms with van der Waals surface area (Å²) in [5.74, 6) is 2.46. The molecule has 0 fully saturated rings. The fourth-order valence-corrected chi connectivity index (χ4v) is 7.41. The van der Waals surface area contributed by atoms with Crippen molar-refractivity contribution in [3.63, 3.8) is 0 Å².